The number of guanidine groups is 1. The first kappa shape index (κ1) is 21.7. The number of hydrazone groups is 2. The van der Waals surface area contributed by atoms with Crippen molar-refractivity contribution < 1.29 is 4.79 Å². The molecule has 2 N–H and O–H groups in total. The number of halogens is 2. The van der Waals surface area contributed by atoms with Crippen LogP contribution in [0.2, 0.25) is 5.02 Å². The lowest BCUT2D eigenvalue weighted by molar-refractivity contribution is 0.100. The van der Waals surface area contributed by atoms with E-state index in [1.165, 1.54) is 0 Å². The van der Waals surface area contributed by atoms with E-state index in [1.54, 1.807) is 48.8 Å². The first-order valence-corrected chi connectivity index (χ1v) is 10.3. The first-order chi connectivity index (χ1) is 14.6. The van der Waals surface area contributed by atoms with Gasteiger partial charge in [0.05, 0.1) is 12.4 Å². The van der Waals surface area contributed by atoms with Crippen LogP contribution in [0.25, 0.3) is 0 Å². The number of nitrogens with zero attached hydrogens (tertiary/aromatic N) is 3. The van der Waals surface area contributed by atoms with Crippen LogP contribution < -0.4 is 10.9 Å². The fourth-order valence-corrected chi connectivity index (χ4v) is 2.74. The predicted octanol–water partition coefficient (Wildman–Crippen LogP) is 4.69. The van der Waals surface area contributed by atoms with Gasteiger partial charge in [-0.25, -0.2) is 10.9 Å². The van der Waals surface area contributed by atoms with Gasteiger partial charge in [0.1, 0.15) is 0 Å². The average Bonchev–Trinajstić information content (AvgIpc) is 2.77. The lowest BCUT2D eigenvalue weighted by atomic mass is 10.2. The highest BCUT2D eigenvalue weighted by Gasteiger charge is 2.05. The maximum absolute atomic E-state index is 12.4. The second-order valence-corrected chi connectivity index (χ2v) is 7.66. The van der Waals surface area contributed by atoms with Crippen molar-refractivity contribution >= 4 is 58.5 Å². The maximum atomic E-state index is 12.4. The molecule has 8 heteroatoms. The van der Waals surface area contributed by atoms with Gasteiger partial charge in [0.2, 0.25) is 5.96 Å². The van der Waals surface area contributed by atoms with Crippen LogP contribution in [-0.4, -0.2) is 24.3 Å². The van der Waals surface area contributed by atoms with Crippen molar-refractivity contribution in [1.82, 2.24) is 10.9 Å². The molecule has 0 aliphatic carbocycles. The molecule has 0 aromatic heterocycles. The van der Waals surface area contributed by atoms with Crippen molar-refractivity contribution in [3.8, 4) is 0 Å². The van der Waals surface area contributed by atoms with Crippen LogP contribution in [0.4, 0.5) is 0 Å². The Morgan fingerprint density at radius 3 is 1.90 bits per heavy atom. The highest BCUT2D eigenvalue weighted by molar-refractivity contribution is 14.1. The van der Waals surface area contributed by atoms with E-state index < -0.39 is 5.91 Å². The number of rotatable bonds is 5. The summed E-state index contributed by atoms with van der Waals surface area (Å²) < 4.78 is 1.13. The second-order valence-electron chi connectivity index (χ2n) is 5.97. The number of carbonyl (C=O) groups is 1. The summed E-state index contributed by atoms with van der Waals surface area (Å²) >= 11 is 8.12. The number of hydrogen-bond acceptors (Lipinski definition) is 3. The SMILES string of the molecule is O=C(/N=C(\N/N=C/c1ccc(Cl)cc1)N/N=C/c1ccc(I)cc1)c1ccccc1. The van der Waals surface area contributed by atoms with E-state index in [9.17, 15) is 4.79 Å². The van der Waals surface area contributed by atoms with Crippen LogP contribution in [-0.2, 0) is 0 Å². The van der Waals surface area contributed by atoms with Crippen molar-refractivity contribution in [2.24, 2.45) is 15.2 Å². The number of benzene rings is 3. The molecule has 1 amide bonds. The van der Waals surface area contributed by atoms with E-state index in [2.05, 4.69) is 48.6 Å². The fourth-order valence-electron chi connectivity index (χ4n) is 2.26. The molecule has 0 bridgehead atoms. The van der Waals surface area contributed by atoms with E-state index in [0.717, 1.165) is 14.7 Å². The Morgan fingerprint density at radius 2 is 1.33 bits per heavy atom. The Bertz CT molecular complexity index is 1010. The summed E-state index contributed by atoms with van der Waals surface area (Å²) in [5.74, 6) is -0.326. The molecule has 3 aromatic rings. The Kier molecular flexibility index (Phi) is 8.10. The predicted molar refractivity (Wildman–Crippen MR) is 130 cm³/mol. The Morgan fingerprint density at radius 1 is 0.800 bits per heavy atom. The zero-order chi connectivity index (χ0) is 21.2. The van der Waals surface area contributed by atoms with E-state index in [1.807, 2.05) is 42.5 Å². The lowest BCUT2D eigenvalue weighted by Gasteiger charge is -2.04. The molecule has 0 unspecified atom stereocenters. The molecule has 0 spiro atoms. The molecular formula is C22H17ClIN5O. The van der Waals surface area contributed by atoms with E-state index >= 15 is 0 Å². The molecule has 3 rings (SSSR count). The van der Waals surface area contributed by atoms with Crippen LogP contribution in [0, 0.1) is 3.57 Å². The molecule has 0 aliphatic heterocycles. The molecule has 0 saturated heterocycles. The molecule has 0 atom stereocenters. The van der Waals surface area contributed by atoms with Gasteiger partial charge in [-0.1, -0.05) is 54.1 Å². The van der Waals surface area contributed by atoms with Gasteiger partial charge in [-0.2, -0.15) is 15.2 Å². The molecule has 0 radical (unpaired) electrons. The summed E-state index contributed by atoms with van der Waals surface area (Å²) in [5.41, 5.74) is 7.65. The zero-order valence-electron chi connectivity index (χ0n) is 15.7. The van der Waals surface area contributed by atoms with E-state index in [4.69, 9.17) is 11.6 Å². The van der Waals surface area contributed by atoms with Crippen LogP contribution in [0.5, 0.6) is 0 Å². The van der Waals surface area contributed by atoms with Gasteiger partial charge in [0.15, 0.2) is 0 Å². The smallest absolute Gasteiger partial charge is 0.267 e. The average molecular weight is 530 g/mol. The van der Waals surface area contributed by atoms with E-state index in [0.29, 0.717) is 10.6 Å². The maximum Gasteiger partial charge on any atom is 0.280 e. The van der Waals surface area contributed by atoms with Gasteiger partial charge >= 0.3 is 0 Å². The largest absolute Gasteiger partial charge is 0.280 e. The molecule has 30 heavy (non-hydrogen) atoms. The Hall–Kier alpha value is -3.04. The van der Waals surface area contributed by atoms with E-state index in [-0.39, 0.29) is 5.96 Å². The van der Waals surface area contributed by atoms with Crippen LogP contribution >= 0.6 is 34.2 Å². The third-order valence-corrected chi connectivity index (χ3v) is 4.71. The monoisotopic (exact) mass is 529 g/mol. The van der Waals surface area contributed by atoms with Gasteiger partial charge in [-0.15, -0.1) is 0 Å². The summed E-state index contributed by atoms with van der Waals surface area (Å²) in [6, 6.07) is 23.8. The Labute approximate surface area is 192 Å². The topological polar surface area (TPSA) is 78.2 Å². The summed E-state index contributed by atoms with van der Waals surface area (Å²) in [5, 5.41) is 8.90. The highest BCUT2D eigenvalue weighted by Crippen LogP contribution is 2.08. The third kappa shape index (κ3) is 7.09. The third-order valence-electron chi connectivity index (χ3n) is 3.74. The minimum absolute atomic E-state index is 0.0934. The second kappa shape index (κ2) is 11.2. The molecule has 0 saturated carbocycles. The summed E-state index contributed by atoms with van der Waals surface area (Å²) in [6.45, 7) is 0. The lowest BCUT2D eigenvalue weighted by Crippen LogP contribution is -2.32. The van der Waals surface area contributed by atoms with Gasteiger partial charge in [0.25, 0.3) is 5.91 Å². The minimum atomic E-state index is -0.420. The minimum Gasteiger partial charge on any atom is -0.267 e. The molecule has 0 fully saturated rings. The van der Waals surface area contributed by atoms with Gasteiger partial charge < -0.3 is 0 Å². The quantitative estimate of drug-likeness (QED) is 0.218. The summed E-state index contributed by atoms with van der Waals surface area (Å²) in [6.07, 6.45) is 3.21. The van der Waals surface area contributed by atoms with Crippen LogP contribution in [0.1, 0.15) is 21.5 Å². The fraction of sp³-hybridized carbons (Fsp3) is 0. The van der Waals surface area contributed by atoms with Crippen molar-refractivity contribution in [2.45, 2.75) is 0 Å². The van der Waals surface area contributed by atoms with Crippen LogP contribution in [0.3, 0.4) is 0 Å². The normalized spacial score (nSPS) is 11.7. The van der Waals surface area contributed by atoms with Crippen molar-refractivity contribution in [1.29, 1.82) is 0 Å². The first-order valence-electron chi connectivity index (χ1n) is 8.87. The number of carbonyl (C=O) groups excluding carboxylic acids is 1. The molecule has 0 aliphatic rings. The van der Waals surface area contributed by atoms with Gasteiger partial charge in [-0.3, -0.25) is 4.79 Å². The molecule has 0 heterocycles. The van der Waals surface area contributed by atoms with Crippen LogP contribution in [0.15, 0.2) is 94.1 Å². The number of nitrogens with one attached hydrogen (secondary N) is 2. The Balaban J connectivity index is 1.73. The summed E-state index contributed by atoms with van der Waals surface area (Å²) in [4.78, 5) is 16.5. The summed E-state index contributed by atoms with van der Waals surface area (Å²) in [7, 11) is 0. The number of aliphatic imine (C=N–C) groups is 1. The molecule has 3 aromatic carbocycles. The van der Waals surface area contributed by atoms with Crippen molar-refractivity contribution in [2.75, 3.05) is 0 Å². The number of hydrogen-bond donors (Lipinski definition) is 2. The van der Waals surface area contributed by atoms with Gasteiger partial charge in [0, 0.05) is 14.2 Å². The molecule has 150 valence electrons. The molecule has 6 nitrogen and oxygen atoms in total. The van der Waals surface area contributed by atoms with Crippen molar-refractivity contribution in [3.05, 3.63) is 104 Å². The standard InChI is InChI=1S/C22H17ClIN5O/c23-19-10-6-16(7-11-19)14-25-28-22(27-21(30)18-4-2-1-3-5-18)29-26-15-17-8-12-20(24)13-9-17/h1-15H,(H2,27,28,29,30)/b25-14+,26-15+. The molecular weight excluding hydrogens is 513 g/mol. The van der Waals surface area contributed by atoms with Crippen molar-refractivity contribution in [3.63, 3.8) is 0 Å². The zero-order valence-corrected chi connectivity index (χ0v) is 18.6. The highest BCUT2D eigenvalue weighted by atomic mass is 127. The number of amides is 1. The van der Waals surface area contributed by atoms with Gasteiger partial charge in [-0.05, 0) is 70.1 Å².